The first-order chi connectivity index (χ1) is 8.91. The van der Waals surface area contributed by atoms with Gasteiger partial charge < -0.3 is 10.6 Å². The van der Waals surface area contributed by atoms with Crippen LogP contribution < -0.4 is 5.73 Å². The molecule has 1 unspecified atom stereocenters. The average Bonchev–Trinajstić information content (AvgIpc) is 2.70. The smallest absolute Gasteiger partial charge is 0.341 e. The molecule has 0 aromatic heterocycles. The molecule has 1 aliphatic heterocycles. The van der Waals surface area contributed by atoms with Crippen molar-refractivity contribution in [3.63, 3.8) is 0 Å². The second-order valence-electron chi connectivity index (χ2n) is 5.16. The number of likely N-dealkylation sites (tertiary alicyclic amines) is 1. The number of halogens is 6. The SMILES string of the molecule is CC(N)CCC(=O)N1CCC(C(F)(F)F)(C(F)(F)F)C1. The van der Waals surface area contributed by atoms with Crippen LogP contribution in [0.15, 0.2) is 0 Å². The van der Waals surface area contributed by atoms with Gasteiger partial charge in [-0.2, -0.15) is 26.3 Å². The van der Waals surface area contributed by atoms with Gasteiger partial charge in [0.1, 0.15) is 0 Å². The molecule has 1 atom stereocenters. The number of hydrogen-bond donors (Lipinski definition) is 1. The summed E-state index contributed by atoms with van der Waals surface area (Å²) in [6.45, 7) is -0.304. The topological polar surface area (TPSA) is 46.3 Å². The number of nitrogens with zero attached hydrogens (tertiary/aromatic N) is 1. The van der Waals surface area contributed by atoms with E-state index in [-0.39, 0.29) is 18.9 Å². The molecule has 0 saturated carbocycles. The quantitative estimate of drug-likeness (QED) is 0.814. The molecule has 3 nitrogen and oxygen atoms in total. The molecular weight excluding hydrogens is 290 g/mol. The Bertz CT molecular complexity index is 349. The number of hydrogen-bond acceptors (Lipinski definition) is 2. The Kier molecular flexibility index (Phi) is 4.62. The van der Waals surface area contributed by atoms with Crippen molar-refractivity contribution in [2.24, 2.45) is 11.1 Å². The van der Waals surface area contributed by atoms with Gasteiger partial charge in [0.05, 0.1) is 0 Å². The fourth-order valence-electron chi connectivity index (χ4n) is 2.16. The first-order valence-corrected chi connectivity index (χ1v) is 6.07. The molecule has 1 fully saturated rings. The predicted octanol–water partition coefficient (Wildman–Crippen LogP) is 2.46. The molecule has 1 aliphatic rings. The fourth-order valence-corrected chi connectivity index (χ4v) is 2.16. The Morgan fingerprint density at radius 2 is 1.75 bits per heavy atom. The van der Waals surface area contributed by atoms with E-state index in [1.807, 2.05) is 0 Å². The second-order valence-corrected chi connectivity index (χ2v) is 5.16. The molecule has 118 valence electrons. The maximum absolute atomic E-state index is 12.8. The lowest BCUT2D eigenvalue weighted by Gasteiger charge is -2.33. The minimum Gasteiger partial charge on any atom is -0.341 e. The Morgan fingerprint density at radius 1 is 1.25 bits per heavy atom. The Balaban J connectivity index is 2.84. The molecule has 1 rings (SSSR count). The zero-order valence-corrected chi connectivity index (χ0v) is 10.8. The maximum atomic E-state index is 12.8. The first-order valence-electron chi connectivity index (χ1n) is 6.07. The standard InChI is InChI=1S/C11H16F6N2O/c1-7(18)2-3-8(20)19-5-4-9(6-19,10(12,13)14)11(15,16)17/h7H,2-6,18H2,1H3. The van der Waals surface area contributed by atoms with Gasteiger partial charge in [-0.15, -0.1) is 0 Å². The van der Waals surface area contributed by atoms with Crippen LogP contribution in [0.1, 0.15) is 26.2 Å². The molecule has 20 heavy (non-hydrogen) atoms. The number of rotatable bonds is 3. The van der Waals surface area contributed by atoms with E-state index in [2.05, 4.69) is 0 Å². The van der Waals surface area contributed by atoms with Gasteiger partial charge in [-0.1, -0.05) is 0 Å². The third-order valence-corrected chi connectivity index (χ3v) is 3.52. The van der Waals surface area contributed by atoms with Crippen molar-refractivity contribution in [2.45, 2.75) is 44.6 Å². The van der Waals surface area contributed by atoms with Crippen molar-refractivity contribution in [3.8, 4) is 0 Å². The Labute approximate surface area is 112 Å². The highest BCUT2D eigenvalue weighted by Gasteiger charge is 2.72. The largest absolute Gasteiger partial charge is 0.404 e. The summed E-state index contributed by atoms with van der Waals surface area (Å²) in [7, 11) is 0. The monoisotopic (exact) mass is 306 g/mol. The molecular formula is C11H16F6N2O. The van der Waals surface area contributed by atoms with Crippen LogP contribution in [0.5, 0.6) is 0 Å². The average molecular weight is 306 g/mol. The number of amides is 1. The summed E-state index contributed by atoms with van der Waals surface area (Å²) in [4.78, 5) is 12.3. The normalized spacial score (nSPS) is 21.1. The van der Waals surface area contributed by atoms with Crippen molar-refractivity contribution >= 4 is 5.91 Å². The Morgan fingerprint density at radius 3 is 2.10 bits per heavy atom. The van der Waals surface area contributed by atoms with Gasteiger partial charge in [0.25, 0.3) is 0 Å². The second kappa shape index (κ2) is 5.42. The van der Waals surface area contributed by atoms with E-state index in [4.69, 9.17) is 5.73 Å². The van der Waals surface area contributed by atoms with Crippen molar-refractivity contribution in [3.05, 3.63) is 0 Å². The molecule has 0 aliphatic carbocycles. The Hall–Kier alpha value is -0.990. The van der Waals surface area contributed by atoms with Crippen LogP contribution in [-0.4, -0.2) is 42.3 Å². The van der Waals surface area contributed by atoms with E-state index in [9.17, 15) is 31.1 Å². The van der Waals surface area contributed by atoms with Crippen LogP contribution >= 0.6 is 0 Å². The van der Waals surface area contributed by atoms with Crippen LogP contribution in [0.4, 0.5) is 26.3 Å². The summed E-state index contributed by atoms with van der Waals surface area (Å²) < 4.78 is 76.7. The molecule has 0 spiro atoms. The van der Waals surface area contributed by atoms with E-state index in [1.54, 1.807) is 6.92 Å². The molecule has 2 N–H and O–H groups in total. The van der Waals surface area contributed by atoms with Gasteiger partial charge in [-0.3, -0.25) is 4.79 Å². The number of carbonyl (C=O) groups is 1. The van der Waals surface area contributed by atoms with E-state index >= 15 is 0 Å². The highest BCUT2D eigenvalue weighted by Crippen LogP contribution is 2.55. The summed E-state index contributed by atoms with van der Waals surface area (Å²) in [5.74, 6) is -0.724. The molecule has 9 heteroatoms. The van der Waals surface area contributed by atoms with Crippen LogP contribution in [0, 0.1) is 5.41 Å². The molecule has 1 amide bonds. The van der Waals surface area contributed by atoms with Crippen molar-refractivity contribution in [1.29, 1.82) is 0 Å². The number of alkyl halides is 6. The molecule has 0 aromatic carbocycles. The fraction of sp³-hybridized carbons (Fsp3) is 0.909. The van der Waals surface area contributed by atoms with Gasteiger partial charge in [-0.25, -0.2) is 0 Å². The van der Waals surface area contributed by atoms with E-state index in [1.165, 1.54) is 0 Å². The molecule has 1 heterocycles. The van der Waals surface area contributed by atoms with Gasteiger partial charge in [0, 0.05) is 25.6 Å². The van der Waals surface area contributed by atoms with Crippen LogP contribution in [0.3, 0.4) is 0 Å². The van der Waals surface area contributed by atoms with E-state index in [0.29, 0.717) is 4.90 Å². The highest BCUT2D eigenvalue weighted by atomic mass is 19.4. The predicted molar refractivity (Wildman–Crippen MR) is 58.6 cm³/mol. The van der Waals surface area contributed by atoms with Gasteiger partial charge >= 0.3 is 12.4 Å². The lowest BCUT2D eigenvalue weighted by molar-refractivity contribution is -0.334. The maximum Gasteiger partial charge on any atom is 0.404 e. The molecule has 0 aromatic rings. The van der Waals surface area contributed by atoms with Crippen LogP contribution in [0.2, 0.25) is 0 Å². The van der Waals surface area contributed by atoms with E-state index < -0.39 is 43.2 Å². The molecule has 0 radical (unpaired) electrons. The van der Waals surface area contributed by atoms with E-state index in [0.717, 1.165) is 0 Å². The van der Waals surface area contributed by atoms with Gasteiger partial charge in [0.2, 0.25) is 5.91 Å². The highest BCUT2D eigenvalue weighted by molar-refractivity contribution is 5.76. The van der Waals surface area contributed by atoms with Crippen molar-refractivity contribution < 1.29 is 31.1 Å². The lowest BCUT2D eigenvalue weighted by Crippen LogP contribution is -2.52. The minimum atomic E-state index is -5.43. The zero-order valence-electron chi connectivity index (χ0n) is 10.8. The van der Waals surface area contributed by atoms with Crippen LogP contribution in [-0.2, 0) is 4.79 Å². The summed E-state index contributed by atoms with van der Waals surface area (Å²) in [5.41, 5.74) is 1.58. The summed E-state index contributed by atoms with van der Waals surface area (Å²) in [6.07, 6.45) is -11.9. The molecule has 1 saturated heterocycles. The van der Waals surface area contributed by atoms with Crippen molar-refractivity contribution in [1.82, 2.24) is 4.90 Å². The lowest BCUT2D eigenvalue weighted by atomic mass is 9.85. The molecule has 0 bridgehead atoms. The first kappa shape index (κ1) is 17.1. The summed E-state index contributed by atoms with van der Waals surface area (Å²) in [5, 5.41) is 0. The van der Waals surface area contributed by atoms with Crippen molar-refractivity contribution in [2.75, 3.05) is 13.1 Å². The van der Waals surface area contributed by atoms with Gasteiger partial charge in [0.15, 0.2) is 5.41 Å². The summed E-state index contributed by atoms with van der Waals surface area (Å²) >= 11 is 0. The third kappa shape index (κ3) is 3.18. The van der Waals surface area contributed by atoms with Crippen LogP contribution in [0.25, 0.3) is 0 Å². The zero-order chi connectivity index (χ0) is 15.8. The number of carbonyl (C=O) groups excluding carboxylic acids is 1. The third-order valence-electron chi connectivity index (χ3n) is 3.52. The minimum absolute atomic E-state index is 0.149. The summed E-state index contributed by atoms with van der Waals surface area (Å²) in [6, 6.07) is -0.337. The van der Waals surface area contributed by atoms with Gasteiger partial charge in [-0.05, 0) is 19.8 Å². The number of nitrogens with two attached hydrogens (primary N) is 1.